The molecule has 0 aromatic heterocycles. The lowest BCUT2D eigenvalue weighted by Gasteiger charge is -2.27. The van der Waals surface area contributed by atoms with Gasteiger partial charge in [0.25, 0.3) is 0 Å². The van der Waals surface area contributed by atoms with Gasteiger partial charge in [0.2, 0.25) is 0 Å². The van der Waals surface area contributed by atoms with E-state index in [1.165, 1.54) is 12.1 Å². The molecule has 0 fully saturated rings. The number of benzene rings is 2. The van der Waals surface area contributed by atoms with E-state index in [0.717, 1.165) is 29.7 Å². The van der Waals surface area contributed by atoms with Gasteiger partial charge >= 0.3 is 0 Å². The maximum atomic E-state index is 9.63. The van der Waals surface area contributed by atoms with Crippen LogP contribution >= 0.6 is 0 Å². The van der Waals surface area contributed by atoms with Crippen LogP contribution in [0.25, 0.3) is 0 Å². The van der Waals surface area contributed by atoms with Crippen molar-refractivity contribution in [2.75, 3.05) is 14.2 Å². The molecule has 1 aliphatic rings. The second kappa shape index (κ2) is 5.67. The zero-order valence-corrected chi connectivity index (χ0v) is 12.5. The van der Waals surface area contributed by atoms with E-state index >= 15 is 0 Å². The molecule has 0 bridgehead atoms. The first-order chi connectivity index (χ1) is 10.6. The minimum absolute atomic E-state index is 0.133. The molecule has 22 heavy (non-hydrogen) atoms. The fourth-order valence-corrected chi connectivity index (χ4v) is 2.68. The number of hydrogen-bond donors (Lipinski definition) is 2. The second-order valence-corrected chi connectivity index (χ2v) is 5.21. The summed E-state index contributed by atoms with van der Waals surface area (Å²) in [4.78, 5) is 0. The summed E-state index contributed by atoms with van der Waals surface area (Å²) in [6.07, 6.45) is 1.45. The Balaban J connectivity index is 1.91. The summed E-state index contributed by atoms with van der Waals surface area (Å²) in [5.74, 6) is 1.79. The van der Waals surface area contributed by atoms with Crippen molar-refractivity contribution in [2.45, 2.75) is 18.9 Å². The van der Waals surface area contributed by atoms with Crippen molar-refractivity contribution in [3.63, 3.8) is 0 Å². The Kier molecular flexibility index (Phi) is 3.71. The maximum Gasteiger partial charge on any atom is 0.164 e. The Hall–Kier alpha value is -2.56. The predicted octanol–water partition coefficient (Wildman–Crippen LogP) is 3.18. The summed E-state index contributed by atoms with van der Waals surface area (Å²) < 4.78 is 16.6. The summed E-state index contributed by atoms with van der Waals surface area (Å²) in [5, 5.41) is 19.0. The SMILES string of the molecule is COc1cc2c(cc1OC)O[C@H](c1ccc(O)c(O)c1)CC2. The van der Waals surface area contributed by atoms with E-state index in [2.05, 4.69) is 0 Å². The number of phenols is 2. The first-order valence-corrected chi connectivity index (χ1v) is 7.05. The van der Waals surface area contributed by atoms with E-state index in [-0.39, 0.29) is 17.6 Å². The van der Waals surface area contributed by atoms with Crippen LogP contribution in [0.5, 0.6) is 28.7 Å². The molecule has 5 heteroatoms. The van der Waals surface area contributed by atoms with E-state index in [1.54, 1.807) is 20.3 Å². The molecular formula is C17H18O5. The summed E-state index contributed by atoms with van der Waals surface area (Å²) in [7, 11) is 3.19. The number of aromatic hydroxyl groups is 2. The number of fused-ring (bicyclic) bond motifs is 1. The molecule has 1 heterocycles. The fourth-order valence-electron chi connectivity index (χ4n) is 2.68. The predicted molar refractivity (Wildman–Crippen MR) is 81.0 cm³/mol. The van der Waals surface area contributed by atoms with Crippen LogP contribution in [0, 0.1) is 0 Å². The van der Waals surface area contributed by atoms with Gasteiger partial charge in [-0.15, -0.1) is 0 Å². The van der Waals surface area contributed by atoms with E-state index in [9.17, 15) is 10.2 Å². The molecule has 2 aromatic carbocycles. The zero-order valence-electron chi connectivity index (χ0n) is 12.5. The molecule has 0 amide bonds. The maximum absolute atomic E-state index is 9.63. The first kappa shape index (κ1) is 14.4. The largest absolute Gasteiger partial charge is 0.504 e. The lowest BCUT2D eigenvalue weighted by Crippen LogP contribution is -2.15. The van der Waals surface area contributed by atoms with Crippen LogP contribution in [0.1, 0.15) is 23.7 Å². The number of phenolic OH excluding ortho intramolecular Hbond substituents is 2. The molecule has 1 aliphatic heterocycles. The second-order valence-electron chi connectivity index (χ2n) is 5.21. The van der Waals surface area contributed by atoms with Crippen molar-refractivity contribution >= 4 is 0 Å². The normalized spacial score (nSPS) is 16.5. The van der Waals surface area contributed by atoms with E-state index < -0.39 is 0 Å². The molecule has 0 saturated heterocycles. The molecule has 2 N–H and O–H groups in total. The molecule has 3 rings (SSSR count). The number of rotatable bonds is 3. The highest BCUT2D eigenvalue weighted by Gasteiger charge is 2.24. The minimum Gasteiger partial charge on any atom is -0.504 e. The van der Waals surface area contributed by atoms with Gasteiger partial charge < -0.3 is 24.4 Å². The van der Waals surface area contributed by atoms with Crippen LogP contribution in [0.2, 0.25) is 0 Å². The van der Waals surface area contributed by atoms with Gasteiger partial charge in [0.05, 0.1) is 14.2 Å². The van der Waals surface area contributed by atoms with Gasteiger partial charge in [0.1, 0.15) is 11.9 Å². The highest BCUT2D eigenvalue weighted by molar-refractivity contribution is 5.52. The number of hydrogen-bond acceptors (Lipinski definition) is 5. The number of aryl methyl sites for hydroxylation is 1. The van der Waals surface area contributed by atoms with Gasteiger partial charge in [-0.25, -0.2) is 0 Å². The van der Waals surface area contributed by atoms with Crippen molar-refractivity contribution in [3.8, 4) is 28.7 Å². The highest BCUT2D eigenvalue weighted by Crippen LogP contribution is 2.42. The van der Waals surface area contributed by atoms with E-state index in [1.807, 2.05) is 12.1 Å². The molecule has 5 nitrogen and oxygen atoms in total. The van der Waals surface area contributed by atoms with Crippen molar-refractivity contribution in [2.24, 2.45) is 0 Å². The van der Waals surface area contributed by atoms with Crippen LogP contribution in [0.15, 0.2) is 30.3 Å². The number of ether oxygens (including phenoxy) is 3. The topological polar surface area (TPSA) is 68.2 Å². The monoisotopic (exact) mass is 302 g/mol. The molecule has 0 radical (unpaired) electrons. The van der Waals surface area contributed by atoms with Gasteiger partial charge in [0.15, 0.2) is 23.0 Å². The molecular weight excluding hydrogens is 284 g/mol. The van der Waals surface area contributed by atoms with Gasteiger partial charge in [-0.1, -0.05) is 6.07 Å². The smallest absolute Gasteiger partial charge is 0.164 e. The van der Waals surface area contributed by atoms with Crippen molar-refractivity contribution in [1.29, 1.82) is 0 Å². The van der Waals surface area contributed by atoms with Gasteiger partial charge in [-0.05, 0) is 42.2 Å². The van der Waals surface area contributed by atoms with Crippen molar-refractivity contribution in [3.05, 3.63) is 41.5 Å². The van der Waals surface area contributed by atoms with E-state index in [0.29, 0.717) is 11.5 Å². The third-order valence-electron chi connectivity index (χ3n) is 3.88. The molecule has 0 unspecified atom stereocenters. The summed E-state index contributed by atoms with van der Waals surface area (Å²) in [5.41, 5.74) is 1.90. The lowest BCUT2D eigenvalue weighted by molar-refractivity contribution is 0.174. The molecule has 0 saturated carbocycles. The van der Waals surface area contributed by atoms with Gasteiger partial charge in [0, 0.05) is 6.07 Å². The zero-order chi connectivity index (χ0) is 15.7. The van der Waals surface area contributed by atoms with Crippen LogP contribution in [-0.4, -0.2) is 24.4 Å². The van der Waals surface area contributed by atoms with E-state index in [4.69, 9.17) is 14.2 Å². The Morgan fingerprint density at radius 3 is 2.41 bits per heavy atom. The van der Waals surface area contributed by atoms with Gasteiger partial charge in [-0.2, -0.15) is 0 Å². The molecule has 0 spiro atoms. The quantitative estimate of drug-likeness (QED) is 0.852. The van der Waals surface area contributed by atoms with Crippen LogP contribution in [0.4, 0.5) is 0 Å². The fraction of sp³-hybridized carbons (Fsp3) is 0.294. The van der Waals surface area contributed by atoms with Crippen molar-refractivity contribution < 1.29 is 24.4 Å². The highest BCUT2D eigenvalue weighted by atomic mass is 16.5. The van der Waals surface area contributed by atoms with Crippen LogP contribution in [0.3, 0.4) is 0 Å². The van der Waals surface area contributed by atoms with Gasteiger partial charge in [-0.3, -0.25) is 0 Å². The Labute approximate surface area is 128 Å². The Morgan fingerprint density at radius 1 is 1.00 bits per heavy atom. The average molecular weight is 302 g/mol. The average Bonchev–Trinajstić information content (AvgIpc) is 2.55. The Morgan fingerprint density at radius 2 is 1.73 bits per heavy atom. The summed E-state index contributed by atoms with van der Waals surface area (Å²) in [6.45, 7) is 0. The molecule has 1 atom stereocenters. The Bertz CT molecular complexity index is 696. The third kappa shape index (κ3) is 2.50. The third-order valence-corrected chi connectivity index (χ3v) is 3.88. The molecule has 116 valence electrons. The summed E-state index contributed by atoms with van der Waals surface area (Å²) >= 11 is 0. The molecule has 0 aliphatic carbocycles. The number of methoxy groups -OCH3 is 2. The molecule has 2 aromatic rings. The standard InChI is InChI=1S/C17H18O5/c1-20-16-8-11-4-6-14(22-15(11)9-17(16)21-2)10-3-5-12(18)13(19)7-10/h3,5,7-9,14,18-19H,4,6H2,1-2H3/t14-/m0/s1. The minimum atomic E-state index is -0.169. The lowest BCUT2D eigenvalue weighted by atomic mass is 9.97. The van der Waals surface area contributed by atoms with Crippen LogP contribution in [-0.2, 0) is 6.42 Å². The first-order valence-electron chi connectivity index (χ1n) is 7.05. The van der Waals surface area contributed by atoms with Crippen molar-refractivity contribution in [1.82, 2.24) is 0 Å². The summed E-state index contributed by atoms with van der Waals surface area (Å²) in [6, 6.07) is 8.51. The van der Waals surface area contributed by atoms with Crippen LogP contribution < -0.4 is 14.2 Å².